The summed E-state index contributed by atoms with van der Waals surface area (Å²) >= 11 is 0. The summed E-state index contributed by atoms with van der Waals surface area (Å²) in [6.45, 7) is 17.2. The van der Waals surface area contributed by atoms with Gasteiger partial charge in [0.2, 0.25) is 0 Å². The van der Waals surface area contributed by atoms with E-state index in [1.807, 2.05) is 0 Å². The van der Waals surface area contributed by atoms with Crippen molar-refractivity contribution in [3.8, 4) is 0 Å². The van der Waals surface area contributed by atoms with E-state index in [9.17, 15) is 4.79 Å². The first-order valence-electron chi connectivity index (χ1n) is 20.9. The van der Waals surface area contributed by atoms with Crippen LogP contribution in [0, 0.1) is 52.3 Å². The summed E-state index contributed by atoms with van der Waals surface area (Å²) in [5.74, 6) is 5.52. The molecule has 0 unspecified atom stereocenters. The number of ether oxygens (including phenoxy) is 1. The van der Waals surface area contributed by atoms with Gasteiger partial charge in [0.25, 0.3) is 0 Å². The Bertz CT molecular complexity index is 1030. The summed E-state index contributed by atoms with van der Waals surface area (Å²) in [4.78, 5) is 12.8. The second kappa shape index (κ2) is 18.6. The van der Waals surface area contributed by atoms with Crippen LogP contribution in [0.2, 0.25) is 0 Å². The van der Waals surface area contributed by atoms with Gasteiger partial charge in [-0.3, -0.25) is 4.79 Å². The summed E-state index contributed by atoms with van der Waals surface area (Å²) in [7, 11) is 0. The summed E-state index contributed by atoms with van der Waals surface area (Å²) in [6, 6.07) is 0. The predicted molar refractivity (Wildman–Crippen MR) is 202 cm³/mol. The van der Waals surface area contributed by atoms with Crippen LogP contribution in [0.5, 0.6) is 0 Å². The minimum Gasteiger partial charge on any atom is -0.462 e. The Kier molecular flexibility index (Phi) is 15.2. The monoisotopic (exact) mass is 649 g/mol. The highest BCUT2D eigenvalue weighted by atomic mass is 16.5. The molecule has 9 atom stereocenters. The van der Waals surface area contributed by atoms with Crippen molar-refractivity contribution in [2.75, 3.05) is 0 Å². The molecule has 0 N–H and O–H groups in total. The second-order valence-electron chi connectivity index (χ2n) is 17.5. The lowest BCUT2D eigenvalue weighted by Crippen LogP contribution is -2.51. The van der Waals surface area contributed by atoms with Gasteiger partial charge >= 0.3 is 5.97 Å². The minimum atomic E-state index is 0.0405. The molecule has 0 aromatic carbocycles. The van der Waals surface area contributed by atoms with Gasteiger partial charge < -0.3 is 4.74 Å². The highest BCUT2D eigenvalue weighted by Crippen LogP contribution is 2.67. The van der Waals surface area contributed by atoms with Crippen LogP contribution in [-0.4, -0.2) is 12.1 Å². The number of esters is 1. The van der Waals surface area contributed by atoms with E-state index in [2.05, 4.69) is 78.8 Å². The average molecular weight is 649 g/mol. The van der Waals surface area contributed by atoms with Crippen LogP contribution in [0.3, 0.4) is 0 Å². The summed E-state index contributed by atoms with van der Waals surface area (Å²) in [6.07, 6.45) is 38.5. The standard InChI is InChI=1S/C45H76O2/c1-8-10-11-12-13-14-15-16-17-18-19-20-21-22-43(46)47-38-29-31-44(6)37(33-38)25-26-39-41-28-27-40(45(41,7)32-30-42(39)44)35(5)23-24-36(9-2)34(3)4/h16-17,23-25,34-36,38-42H,8-15,18-22,26-33H2,1-7H3/b17-16-,24-23+/t35-,36-,38+,39+,40-,41+,42+,44+,45-/m1/s1. The number of carbonyl (C=O) groups excluding carboxylic acids is 1. The molecule has 2 heteroatoms. The Morgan fingerprint density at radius 2 is 1.55 bits per heavy atom. The van der Waals surface area contributed by atoms with Gasteiger partial charge in [-0.1, -0.05) is 123 Å². The molecular formula is C45H76O2. The lowest BCUT2D eigenvalue weighted by Gasteiger charge is -2.58. The Morgan fingerprint density at radius 3 is 2.26 bits per heavy atom. The molecule has 0 aliphatic heterocycles. The molecule has 3 saturated carbocycles. The third-order valence-corrected chi connectivity index (χ3v) is 14.2. The van der Waals surface area contributed by atoms with Gasteiger partial charge in [-0.2, -0.15) is 0 Å². The number of fused-ring (bicyclic) bond motifs is 5. The zero-order chi connectivity index (χ0) is 33.9. The normalized spacial score (nSPS) is 33.4. The number of unbranched alkanes of at least 4 members (excludes halogenated alkanes) is 9. The fourth-order valence-corrected chi connectivity index (χ4v) is 11.1. The molecule has 0 amide bonds. The Morgan fingerprint density at radius 1 is 0.851 bits per heavy atom. The molecule has 2 nitrogen and oxygen atoms in total. The maximum atomic E-state index is 12.8. The van der Waals surface area contributed by atoms with Crippen molar-refractivity contribution in [2.24, 2.45) is 52.3 Å². The Hall–Kier alpha value is -1.31. The topological polar surface area (TPSA) is 26.3 Å². The van der Waals surface area contributed by atoms with Gasteiger partial charge in [-0.15, -0.1) is 0 Å². The molecule has 0 aromatic heterocycles. The molecule has 4 aliphatic rings. The third kappa shape index (κ3) is 9.90. The molecule has 268 valence electrons. The maximum absolute atomic E-state index is 12.8. The van der Waals surface area contributed by atoms with E-state index in [4.69, 9.17) is 4.74 Å². The second-order valence-corrected chi connectivity index (χ2v) is 17.5. The van der Waals surface area contributed by atoms with Gasteiger partial charge in [-0.25, -0.2) is 0 Å². The first-order chi connectivity index (χ1) is 22.6. The molecule has 0 heterocycles. The number of carbonyl (C=O) groups is 1. The molecule has 47 heavy (non-hydrogen) atoms. The summed E-state index contributed by atoms with van der Waals surface area (Å²) in [5.41, 5.74) is 2.43. The molecule has 0 radical (unpaired) electrons. The van der Waals surface area contributed by atoms with E-state index in [1.54, 1.807) is 5.57 Å². The van der Waals surface area contributed by atoms with Crippen molar-refractivity contribution in [3.63, 3.8) is 0 Å². The zero-order valence-electron chi connectivity index (χ0n) is 32.2. The van der Waals surface area contributed by atoms with E-state index in [-0.39, 0.29) is 12.1 Å². The SMILES string of the molecule is CCCCCCCC/C=C\CCCCCC(=O)O[C@H]1CC[C@@]2(C)C(=CC[C@H]3[C@@H]4CC[C@H]([C@H](C)/C=C/[C@@H](CC)C(C)C)[C@@]4(C)CC[C@@H]32)C1. The first-order valence-corrected chi connectivity index (χ1v) is 20.9. The summed E-state index contributed by atoms with van der Waals surface area (Å²) in [5, 5.41) is 0. The number of rotatable bonds is 19. The van der Waals surface area contributed by atoms with Crippen molar-refractivity contribution in [1.29, 1.82) is 0 Å². The Balaban J connectivity index is 1.19. The first kappa shape index (κ1) is 38.5. The van der Waals surface area contributed by atoms with Crippen molar-refractivity contribution >= 4 is 5.97 Å². The maximum Gasteiger partial charge on any atom is 0.306 e. The molecule has 0 bridgehead atoms. The molecule has 3 fully saturated rings. The van der Waals surface area contributed by atoms with E-state index >= 15 is 0 Å². The van der Waals surface area contributed by atoms with Crippen LogP contribution in [0.25, 0.3) is 0 Å². The molecule has 4 rings (SSSR count). The fourth-order valence-electron chi connectivity index (χ4n) is 11.1. The lowest BCUT2D eigenvalue weighted by molar-refractivity contribution is -0.151. The average Bonchev–Trinajstić information content (AvgIpc) is 3.41. The Labute approximate surface area is 292 Å². The van der Waals surface area contributed by atoms with Gasteiger partial charge in [-0.05, 0) is 136 Å². The number of allylic oxidation sites excluding steroid dienone is 5. The summed E-state index contributed by atoms with van der Waals surface area (Å²) < 4.78 is 6.12. The fraction of sp³-hybridized carbons (Fsp3) is 0.844. The van der Waals surface area contributed by atoms with E-state index in [0.29, 0.717) is 29.1 Å². The van der Waals surface area contributed by atoms with Crippen LogP contribution in [0.15, 0.2) is 36.0 Å². The van der Waals surface area contributed by atoms with Crippen LogP contribution in [0.4, 0.5) is 0 Å². The molecule has 0 spiro atoms. The lowest BCUT2D eigenvalue weighted by atomic mass is 9.47. The number of hydrogen-bond donors (Lipinski definition) is 0. The minimum absolute atomic E-state index is 0.0405. The van der Waals surface area contributed by atoms with Crippen LogP contribution >= 0.6 is 0 Å². The van der Waals surface area contributed by atoms with E-state index in [0.717, 1.165) is 61.7 Å². The van der Waals surface area contributed by atoms with Gasteiger partial charge in [0.1, 0.15) is 6.10 Å². The van der Waals surface area contributed by atoms with Crippen LogP contribution < -0.4 is 0 Å². The molecule has 0 saturated heterocycles. The zero-order valence-corrected chi connectivity index (χ0v) is 32.2. The van der Waals surface area contributed by atoms with E-state index in [1.165, 1.54) is 96.3 Å². The molecular weight excluding hydrogens is 572 g/mol. The van der Waals surface area contributed by atoms with Crippen molar-refractivity contribution in [1.82, 2.24) is 0 Å². The van der Waals surface area contributed by atoms with Crippen LogP contribution in [-0.2, 0) is 9.53 Å². The smallest absolute Gasteiger partial charge is 0.306 e. The molecule has 4 aliphatic carbocycles. The van der Waals surface area contributed by atoms with E-state index < -0.39 is 0 Å². The number of hydrogen-bond acceptors (Lipinski definition) is 2. The highest BCUT2D eigenvalue weighted by Gasteiger charge is 2.59. The van der Waals surface area contributed by atoms with Crippen molar-refractivity contribution < 1.29 is 9.53 Å². The van der Waals surface area contributed by atoms with Gasteiger partial charge in [0.05, 0.1) is 0 Å². The van der Waals surface area contributed by atoms with Crippen molar-refractivity contribution in [2.45, 2.75) is 189 Å². The quantitative estimate of drug-likeness (QED) is 0.0791. The highest BCUT2D eigenvalue weighted by molar-refractivity contribution is 5.69. The van der Waals surface area contributed by atoms with Gasteiger partial charge in [0.15, 0.2) is 0 Å². The largest absolute Gasteiger partial charge is 0.462 e. The van der Waals surface area contributed by atoms with Crippen LogP contribution in [0.1, 0.15) is 183 Å². The predicted octanol–water partition coefficient (Wildman–Crippen LogP) is 13.6. The van der Waals surface area contributed by atoms with Gasteiger partial charge in [0, 0.05) is 12.8 Å². The molecule has 0 aromatic rings. The van der Waals surface area contributed by atoms with Crippen molar-refractivity contribution in [3.05, 3.63) is 36.0 Å². The third-order valence-electron chi connectivity index (χ3n) is 14.2.